The van der Waals surface area contributed by atoms with Gasteiger partial charge >= 0.3 is 11.9 Å². The van der Waals surface area contributed by atoms with Gasteiger partial charge in [0.05, 0.1) is 12.8 Å². The number of nitrogens with zero attached hydrogens (tertiary/aromatic N) is 5. The fourth-order valence-corrected chi connectivity index (χ4v) is 3.54. The van der Waals surface area contributed by atoms with Crippen LogP contribution in [0.4, 0.5) is 10.6 Å². The molecule has 3 heterocycles. The van der Waals surface area contributed by atoms with Crippen molar-refractivity contribution in [2.24, 2.45) is 12.5 Å². The van der Waals surface area contributed by atoms with Gasteiger partial charge in [-0.1, -0.05) is 18.9 Å². The average molecular weight is 365 g/mol. The van der Waals surface area contributed by atoms with Gasteiger partial charge in [0.1, 0.15) is 7.05 Å². The Balaban J connectivity index is 1.66. The number of ether oxygens (including phenoxy) is 1. The molecule has 2 aliphatic rings. The van der Waals surface area contributed by atoms with E-state index in [1.54, 1.807) is 9.80 Å². The van der Waals surface area contributed by atoms with E-state index in [4.69, 9.17) is 4.74 Å². The third-order valence-electron chi connectivity index (χ3n) is 4.92. The molecule has 2 amide bonds. The maximum atomic E-state index is 12.7. The lowest BCUT2D eigenvalue weighted by Gasteiger charge is -2.44. The number of carbonyl (C=O) groups is 2. The second kappa shape index (κ2) is 6.58. The highest BCUT2D eigenvalue weighted by Crippen LogP contribution is 2.29. The van der Waals surface area contributed by atoms with E-state index in [2.05, 4.69) is 5.10 Å². The van der Waals surface area contributed by atoms with Gasteiger partial charge in [-0.15, -0.1) is 4.68 Å². The Bertz CT molecular complexity index is 735. The summed E-state index contributed by atoms with van der Waals surface area (Å²) in [4.78, 5) is 38.6. The average Bonchev–Trinajstić information content (AvgIpc) is 2.98. The monoisotopic (exact) mass is 365 g/mol. The zero-order chi connectivity index (χ0) is 19.1. The summed E-state index contributed by atoms with van der Waals surface area (Å²) >= 11 is 0. The highest BCUT2D eigenvalue weighted by molar-refractivity contribution is 5.97. The predicted molar refractivity (Wildman–Crippen MR) is 90.6 cm³/mol. The molecule has 0 atom stereocenters. The van der Waals surface area contributed by atoms with Gasteiger partial charge in [0.15, 0.2) is 5.56 Å². The molecule has 2 fully saturated rings. The number of carbonyl (C=O) groups excluding carboxylic acids is 2. The van der Waals surface area contributed by atoms with Crippen molar-refractivity contribution < 1.29 is 19.2 Å². The third kappa shape index (κ3) is 3.35. The summed E-state index contributed by atoms with van der Waals surface area (Å²) < 4.78 is 6.36. The minimum atomic E-state index is -0.598. The van der Waals surface area contributed by atoms with Crippen molar-refractivity contribution in [3.8, 4) is 0 Å². The van der Waals surface area contributed by atoms with E-state index in [1.807, 2.05) is 13.8 Å². The molecule has 0 unspecified atom stereocenters. The summed E-state index contributed by atoms with van der Waals surface area (Å²) in [5.41, 5.74) is -0.105. The molecule has 0 bridgehead atoms. The minimum Gasteiger partial charge on any atom is -0.449 e. The molecule has 2 aliphatic heterocycles. The van der Waals surface area contributed by atoms with Crippen molar-refractivity contribution in [3.63, 3.8) is 0 Å². The Hall–Kier alpha value is -2.65. The van der Waals surface area contributed by atoms with Gasteiger partial charge in [0.2, 0.25) is 0 Å². The number of hydrogen-bond acceptors (Lipinski definition) is 6. The highest BCUT2D eigenvalue weighted by atomic mass is 16.6. The van der Waals surface area contributed by atoms with Gasteiger partial charge in [-0.3, -0.25) is 4.79 Å². The summed E-state index contributed by atoms with van der Waals surface area (Å²) in [6.45, 7) is 5.99. The van der Waals surface area contributed by atoms with E-state index in [0.717, 1.165) is 4.68 Å². The molecular formula is C16H23N5O5. The van der Waals surface area contributed by atoms with Crippen molar-refractivity contribution in [1.82, 2.24) is 19.6 Å². The van der Waals surface area contributed by atoms with Gasteiger partial charge in [0.25, 0.3) is 5.91 Å². The van der Waals surface area contributed by atoms with Crippen LogP contribution in [-0.2, 0) is 11.8 Å². The van der Waals surface area contributed by atoms with Gasteiger partial charge in [-0.2, -0.15) is 0 Å². The van der Waals surface area contributed by atoms with Crippen LogP contribution >= 0.6 is 0 Å². The maximum Gasteiger partial charge on any atom is 0.410 e. The van der Waals surface area contributed by atoms with Gasteiger partial charge < -0.3 is 24.7 Å². The number of aromatic nitrogens is 2. The SMILES string of the molecule is Cn1ncc(C(=O)N2CCC(N3CC(C)(C)COC3=O)CC2)c1[N+](=O)[O-]. The number of cyclic esters (lactones) is 1. The first kappa shape index (κ1) is 18.2. The van der Waals surface area contributed by atoms with E-state index >= 15 is 0 Å². The van der Waals surface area contributed by atoms with Crippen molar-refractivity contribution in [2.45, 2.75) is 32.7 Å². The van der Waals surface area contributed by atoms with E-state index in [-0.39, 0.29) is 28.9 Å². The first-order valence-corrected chi connectivity index (χ1v) is 8.59. The van der Waals surface area contributed by atoms with Crippen LogP contribution in [0.3, 0.4) is 0 Å². The zero-order valence-electron chi connectivity index (χ0n) is 15.2. The van der Waals surface area contributed by atoms with Crippen molar-refractivity contribution in [2.75, 3.05) is 26.2 Å². The molecule has 0 N–H and O–H groups in total. The van der Waals surface area contributed by atoms with Gasteiger partial charge in [0, 0.05) is 31.1 Å². The fraction of sp³-hybridized carbons (Fsp3) is 0.688. The maximum absolute atomic E-state index is 12.7. The number of nitro groups is 1. The molecule has 3 rings (SSSR count). The number of rotatable bonds is 3. The van der Waals surface area contributed by atoms with Crippen LogP contribution in [-0.4, -0.2) is 68.8 Å². The zero-order valence-corrected chi connectivity index (χ0v) is 15.2. The predicted octanol–water partition coefficient (Wildman–Crippen LogP) is 1.41. The van der Waals surface area contributed by atoms with Crippen LogP contribution < -0.4 is 0 Å². The Kier molecular flexibility index (Phi) is 4.59. The van der Waals surface area contributed by atoms with Gasteiger partial charge in [-0.25, -0.2) is 4.79 Å². The second-order valence-corrected chi connectivity index (χ2v) is 7.63. The molecule has 0 aliphatic carbocycles. The van der Waals surface area contributed by atoms with Crippen LogP contribution in [0.25, 0.3) is 0 Å². The molecule has 10 heteroatoms. The van der Waals surface area contributed by atoms with E-state index in [9.17, 15) is 19.7 Å². The Labute approximate surface area is 150 Å². The topological polar surface area (TPSA) is 111 Å². The van der Waals surface area contributed by atoms with Crippen LogP contribution in [0.5, 0.6) is 0 Å². The quantitative estimate of drug-likeness (QED) is 0.591. The lowest BCUT2D eigenvalue weighted by atomic mass is 9.91. The third-order valence-corrected chi connectivity index (χ3v) is 4.92. The van der Waals surface area contributed by atoms with E-state index in [1.165, 1.54) is 13.2 Å². The first-order chi connectivity index (χ1) is 12.2. The molecule has 1 aromatic rings. The number of amides is 2. The molecule has 2 saturated heterocycles. The molecule has 1 aromatic heterocycles. The molecule has 26 heavy (non-hydrogen) atoms. The standard InChI is InChI=1S/C16H23N5O5/c1-16(2)9-20(15(23)26-10-16)11-4-6-19(7-5-11)14(22)12-8-17-18(3)13(12)21(24)25/h8,11H,4-7,9-10H2,1-3H3. The molecule has 10 nitrogen and oxygen atoms in total. The second-order valence-electron chi connectivity index (χ2n) is 7.63. The summed E-state index contributed by atoms with van der Waals surface area (Å²) in [6, 6.07) is 0.00927. The summed E-state index contributed by atoms with van der Waals surface area (Å²) in [7, 11) is 1.44. The first-order valence-electron chi connectivity index (χ1n) is 8.59. The Morgan fingerprint density at radius 2 is 2.04 bits per heavy atom. The van der Waals surface area contributed by atoms with Crippen LogP contribution in [0.15, 0.2) is 6.20 Å². The van der Waals surface area contributed by atoms with Crippen LogP contribution in [0, 0.1) is 15.5 Å². The molecular weight excluding hydrogens is 342 g/mol. The van der Waals surface area contributed by atoms with Crippen LogP contribution in [0.2, 0.25) is 0 Å². The molecule has 0 aromatic carbocycles. The minimum absolute atomic E-state index is 0.00512. The number of piperidine rings is 1. The fourth-order valence-electron chi connectivity index (χ4n) is 3.54. The number of likely N-dealkylation sites (tertiary alicyclic amines) is 1. The lowest BCUT2D eigenvalue weighted by Crippen LogP contribution is -2.55. The molecule has 0 spiro atoms. The molecule has 142 valence electrons. The van der Waals surface area contributed by atoms with Crippen LogP contribution in [0.1, 0.15) is 37.0 Å². The summed E-state index contributed by atoms with van der Waals surface area (Å²) in [5.74, 6) is -0.705. The summed E-state index contributed by atoms with van der Waals surface area (Å²) in [6.07, 6.45) is 2.16. The smallest absolute Gasteiger partial charge is 0.410 e. The largest absolute Gasteiger partial charge is 0.449 e. The number of hydrogen-bond donors (Lipinski definition) is 0. The van der Waals surface area contributed by atoms with E-state index in [0.29, 0.717) is 39.1 Å². The Morgan fingerprint density at radius 1 is 1.38 bits per heavy atom. The molecule has 0 saturated carbocycles. The lowest BCUT2D eigenvalue weighted by molar-refractivity contribution is -0.392. The van der Waals surface area contributed by atoms with Crippen molar-refractivity contribution >= 4 is 17.8 Å². The van der Waals surface area contributed by atoms with E-state index < -0.39 is 10.8 Å². The molecule has 0 radical (unpaired) electrons. The van der Waals surface area contributed by atoms with Gasteiger partial charge in [-0.05, 0) is 17.8 Å². The Morgan fingerprint density at radius 3 is 2.65 bits per heavy atom. The number of aryl methyl sites for hydroxylation is 1. The van der Waals surface area contributed by atoms with Crippen molar-refractivity contribution in [1.29, 1.82) is 0 Å². The summed E-state index contributed by atoms with van der Waals surface area (Å²) in [5, 5.41) is 15.0. The van der Waals surface area contributed by atoms with Crippen molar-refractivity contribution in [3.05, 3.63) is 21.9 Å². The normalized spacial score (nSPS) is 20.8. The highest BCUT2D eigenvalue weighted by Gasteiger charge is 2.39.